The van der Waals surface area contributed by atoms with Crippen LogP contribution in [0.3, 0.4) is 0 Å². The van der Waals surface area contributed by atoms with Gasteiger partial charge in [-0.05, 0) is 29.7 Å². The van der Waals surface area contributed by atoms with Gasteiger partial charge in [-0.1, -0.05) is 13.8 Å². The number of guanidine groups is 1. The lowest BCUT2D eigenvalue weighted by molar-refractivity contribution is 0.380. The molecule has 1 unspecified atom stereocenters. The van der Waals surface area contributed by atoms with Crippen LogP contribution in [-0.2, 0) is 6.54 Å². The van der Waals surface area contributed by atoms with Gasteiger partial charge in [0.25, 0.3) is 0 Å². The van der Waals surface area contributed by atoms with Crippen molar-refractivity contribution in [1.82, 2.24) is 25.0 Å². The van der Waals surface area contributed by atoms with Gasteiger partial charge >= 0.3 is 0 Å². The number of aromatic nitrogens is 3. The molecule has 3 heterocycles. The number of hydrogen-bond acceptors (Lipinski definition) is 4. The van der Waals surface area contributed by atoms with Crippen molar-refractivity contribution in [2.75, 3.05) is 25.9 Å². The fourth-order valence-corrected chi connectivity index (χ4v) is 4.18. The number of thioether (sulfide) groups is 1. The summed E-state index contributed by atoms with van der Waals surface area (Å²) in [4.78, 5) is 11.2. The average Bonchev–Trinajstić information content (AvgIpc) is 3.17. The van der Waals surface area contributed by atoms with Crippen LogP contribution in [0, 0.1) is 5.92 Å². The van der Waals surface area contributed by atoms with Gasteiger partial charge in [-0.2, -0.15) is 16.9 Å². The molecule has 134 valence electrons. The van der Waals surface area contributed by atoms with Crippen molar-refractivity contribution in [3.05, 3.63) is 42.4 Å². The van der Waals surface area contributed by atoms with Gasteiger partial charge in [-0.25, -0.2) is 9.67 Å². The predicted molar refractivity (Wildman–Crippen MR) is 104 cm³/mol. The van der Waals surface area contributed by atoms with Crippen LogP contribution in [0.25, 0.3) is 5.82 Å². The average molecular weight is 359 g/mol. The fraction of sp³-hybridized carbons (Fsp3) is 0.500. The highest BCUT2D eigenvalue weighted by Gasteiger charge is 2.24. The molecule has 1 N–H and O–H groups in total. The largest absolute Gasteiger partial charge is 0.352 e. The van der Waals surface area contributed by atoms with Crippen LogP contribution in [-0.4, -0.2) is 56.8 Å². The summed E-state index contributed by atoms with van der Waals surface area (Å²) in [6.45, 7) is 7.41. The standard InChI is InChI=1S/C18H26N6S/c1-14(2)16-13-23(9-10-25-16)18(19-3)21-12-15-5-7-20-17(11-15)24-8-4-6-22-24/h4-8,11,14,16H,9-10,12-13H2,1-3H3,(H,19,21). The Morgan fingerprint density at radius 2 is 2.32 bits per heavy atom. The lowest BCUT2D eigenvalue weighted by Gasteiger charge is -2.36. The number of rotatable bonds is 4. The molecule has 1 aliphatic heterocycles. The zero-order chi connectivity index (χ0) is 17.6. The van der Waals surface area contributed by atoms with Gasteiger partial charge in [0, 0.05) is 56.3 Å². The minimum Gasteiger partial charge on any atom is -0.352 e. The Kier molecular flexibility index (Phi) is 5.96. The van der Waals surface area contributed by atoms with Crippen LogP contribution < -0.4 is 5.32 Å². The molecule has 0 radical (unpaired) electrons. The molecule has 3 rings (SSSR count). The Balaban J connectivity index is 1.63. The maximum absolute atomic E-state index is 4.48. The molecule has 2 aromatic rings. The topological polar surface area (TPSA) is 58.3 Å². The van der Waals surface area contributed by atoms with Gasteiger partial charge < -0.3 is 10.2 Å². The monoisotopic (exact) mass is 358 g/mol. The quantitative estimate of drug-likeness (QED) is 0.672. The van der Waals surface area contributed by atoms with Crippen LogP contribution in [0.4, 0.5) is 0 Å². The van der Waals surface area contributed by atoms with E-state index in [-0.39, 0.29) is 0 Å². The molecule has 0 amide bonds. The zero-order valence-corrected chi connectivity index (χ0v) is 15.9. The van der Waals surface area contributed by atoms with Gasteiger partial charge in [-0.15, -0.1) is 0 Å². The van der Waals surface area contributed by atoms with E-state index in [4.69, 9.17) is 0 Å². The van der Waals surface area contributed by atoms with Crippen molar-refractivity contribution < 1.29 is 0 Å². The first-order chi connectivity index (χ1) is 12.2. The molecule has 0 aliphatic carbocycles. The van der Waals surface area contributed by atoms with Gasteiger partial charge in [0.15, 0.2) is 11.8 Å². The highest BCUT2D eigenvalue weighted by molar-refractivity contribution is 8.00. The third kappa shape index (κ3) is 4.54. The van der Waals surface area contributed by atoms with Crippen molar-refractivity contribution in [1.29, 1.82) is 0 Å². The molecule has 0 spiro atoms. The van der Waals surface area contributed by atoms with E-state index in [2.05, 4.69) is 57.0 Å². The molecule has 0 aromatic carbocycles. The molecule has 6 nitrogen and oxygen atoms in total. The Morgan fingerprint density at radius 3 is 3.04 bits per heavy atom. The highest BCUT2D eigenvalue weighted by Crippen LogP contribution is 2.24. The summed E-state index contributed by atoms with van der Waals surface area (Å²) in [6.07, 6.45) is 5.48. The molecule has 2 aromatic heterocycles. The molecular weight excluding hydrogens is 332 g/mol. The van der Waals surface area contributed by atoms with Crippen LogP contribution in [0.15, 0.2) is 41.8 Å². The second-order valence-corrected chi connectivity index (χ2v) is 7.82. The number of aliphatic imine (C=N–C) groups is 1. The summed E-state index contributed by atoms with van der Waals surface area (Å²) in [5, 5.41) is 8.40. The van der Waals surface area contributed by atoms with Gasteiger partial charge in [0.05, 0.1) is 0 Å². The number of hydrogen-bond donors (Lipinski definition) is 1. The smallest absolute Gasteiger partial charge is 0.193 e. The minimum absolute atomic E-state index is 0.666. The lowest BCUT2D eigenvalue weighted by atomic mass is 10.1. The Labute approximate surface area is 153 Å². The number of pyridine rings is 1. The van der Waals surface area contributed by atoms with Crippen molar-refractivity contribution >= 4 is 17.7 Å². The Hall–Kier alpha value is -2.02. The predicted octanol–water partition coefficient (Wildman–Crippen LogP) is 2.42. The normalized spacial score (nSPS) is 18.6. The van der Waals surface area contributed by atoms with E-state index in [1.807, 2.05) is 31.6 Å². The zero-order valence-electron chi connectivity index (χ0n) is 15.1. The van der Waals surface area contributed by atoms with Crippen LogP contribution in [0.1, 0.15) is 19.4 Å². The maximum Gasteiger partial charge on any atom is 0.193 e. The first kappa shape index (κ1) is 17.8. The van der Waals surface area contributed by atoms with Crippen molar-refractivity contribution in [2.24, 2.45) is 10.9 Å². The van der Waals surface area contributed by atoms with Crippen LogP contribution >= 0.6 is 11.8 Å². The van der Waals surface area contributed by atoms with Gasteiger partial charge in [0.1, 0.15) is 0 Å². The number of nitrogens with zero attached hydrogens (tertiary/aromatic N) is 5. The highest BCUT2D eigenvalue weighted by atomic mass is 32.2. The second kappa shape index (κ2) is 8.38. The summed E-state index contributed by atoms with van der Waals surface area (Å²) in [5.41, 5.74) is 1.16. The Bertz CT molecular complexity index is 697. The lowest BCUT2D eigenvalue weighted by Crippen LogP contribution is -2.48. The summed E-state index contributed by atoms with van der Waals surface area (Å²) < 4.78 is 1.77. The van der Waals surface area contributed by atoms with Crippen molar-refractivity contribution in [3.63, 3.8) is 0 Å². The fourth-order valence-electron chi connectivity index (χ4n) is 2.88. The van der Waals surface area contributed by atoms with E-state index in [0.29, 0.717) is 11.2 Å². The van der Waals surface area contributed by atoms with Gasteiger partial charge in [0.2, 0.25) is 0 Å². The Morgan fingerprint density at radius 1 is 1.44 bits per heavy atom. The van der Waals surface area contributed by atoms with E-state index < -0.39 is 0 Å². The SMILES string of the molecule is CN=C(NCc1ccnc(-n2cccn2)c1)N1CCSC(C(C)C)C1. The molecule has 1 aliphatic rings. The third-order valence-electron chi connectivity index (χ3n) is 4.35. The summed E-state index contributed by atoms with van der Waals surface area (Å²) >= 11 is 2.08. The molecule has 0 bridgehead atoms. The van der Waals surface area contributed by atoms with Crippen molar-refractivity contribution in [3.8, 4) is 5.82 Å². The molecule has 0 saturated carbocycles. The van der Waals surface area contributed by atoms with Crippen molar-refractivity contribution in [2.45, 2.75) is 25.6 Å². The minimum atomic E-state index is 0.666. The van der Waals surface area contributed by atoms with Crippen LogP contribution in [0.5, 0.6) is 0 Å². The summed E-state index contributed by atoms with van der Waals surface area (Å²) in [7, 11) is 1.86. The first-order valence-electron chi connectivity index (χ1n) is 8.69. The van der Waals surface area contributed by atoms with E-state index in [1.165, 1.54) is 0 Å². The van der Waals surface area contributed by atoms with E-state index in [9.17, 15) is 0 Å². The van der Waals surface area contributed by atoms with Gasteiger partial charge in [-0.3, -0.25) is 4.99 Å². The molecule has 25 heavy (non-hydrogen) atoms. The van der Waals surface area contributed by atoms with E-state index >= 15 is 0 Å². The van der Waals surface area contributed by atoms with E-state index in [1.54, 1.807) is 10.9 Å². The third-order valence-corrected chi connectivity index (χ3v) is 5.89. The molecule has 7 heteroatoms. The molecule has 1 fully saturated rings. The summed E-state index contributed by atoms with van der Waals surface area (Å²) in [5.74, 6) is 3.64. The number of nitrogens with one attached hydrogen (secondary N) is 1. The first-order valence-corrected chi connectivity index (χ1v) is 9.74. The van der Waals surface area contributed by atoms with Crippen LogP contribution in [0.2, 0.25) is 0 Å². The summed E-state index contributed by atoms with van der Waals surface area (Å²) in [6, 6.07) is 5.97. The second-order valence-electron chi connectivity index (χ2n) is 6.47. The van der Waals surface area contributed by atoms with E-state index in [0.717, 1.165) is 42.7 Å². The molecular formula is C18H26N6S. The maximum atomic E-state index is 4.48. The molecule has 1 atom stereocenters. The molecule has 1 saturated heterocycles.